The second-order valence-corrected chi connectivity index (χ2v) is 8.19. The SMILES string of the molecule is CCCN(C)C(=O)OCc1c(-c2ncc(O[C@H]3CCC[C@H](C(=O)O)C3)c(C)n2)cnn1C. The number of hydrogen-bond acceptors (Lipinski definition) is 7. The maximum Gasteiger partial charge on any atom is 0.409 e. The van der Waals surface area contributed by atoms with Crippen LogP contribution in [-0.4, -0.2) is 61.5 Å². The minimum Gasteiger partial charge on any atom is -0.487 e. The summed E-state index contributed by atoms with van der Waals surface area (Å²) in [6, 6.07) is 0. The Morgan fingerprint density at radius 3 is 2.78 bits per heavy atom. The summed E-state index contributed by atoms with van der Waals surface area (Å²) in [6.07, 6.45) is 6.36. The Balaban J connectivity index is 1.71. The number of hydrogen-bond donors (Lipinski definition) is 1. The molecule has 1 aliphatic carbocycles. The highest BCUT2D eigenvalue weighted by Crippen LogP contribution is 2.30. The van der Waals surface area contributed by atoms with Gasteiger partial charge in [0.05, 0.1) is 41.4 Å². The molecule has 2 atom stereocenters. The average molecular weight is 446 g/mol. The van der Waals surface area contributed by atoms with Crippen molar-refractivity contribution in [1.29, 1.82) is 0 Å². The molecule has 1 amide bonds. The minimum atomic E-state index is -0.771. The van der Waals surface area contributed by atoms with Gasteiger partial charge in [-0.2, -0.15) is 5.10 Å². The van der Waals surface area contributed by atoms with Crippen molar-refractivity contribution < 1.29 is 24.2 Å². The van der Waals surface area contributed by atoms with Crippen molar-refractivity contribution in [3.8, 4) is 17.1 Å². The number of amides is 1. The van der Waals surface area contributed by atoms with Gasteiger partial charge >= 0.3 is 12.1 Å². The average Bonchev–Trinajstić information content (AvgIpc) is 3.14. The molecule has 2 aromatic heterocycles. The van der Waals surface area contributed by atoms with Crippen LogP contribution in [0.15, 0.2) is 12.4 Å². The van der Waals surface area contributed by atoms with Gasteiger partial charge < -0.3 is 19.5 Å². The summed E-state index contributed by atoms with van der Waals surface area (Å²) in [6.45, 7) is 4.50. The van der Waals surface area contributed by atoms with Gasteiger partial charge in [-0.05, 0) is 39.0 Å². The second-order valence-electron chi connectivity index (χ2n) is 8.19. The fraction of sp³-hybridized carbons (Fsp3) is 0.591. The summed E-state index contributed by atoms with van der Waals surface area (Å²) < 4.78 is 13.1. The largest absolute Gasteiger partial charge is 0.487 e. The molecule has 10 nitrogen and oxygen atoms in total. The van der Waals surface area contributed by atoms with E-state index >= 15 is 0 Å². The van der Waals surface area contributed by atoms with Crippen LogP contribution < -0.4 is 4.74 Å². The van der Waals surface area contributed by atoms with Crippen LogP contribution in [0.4, 0.5) is 4.79 Å². The molecule has 0 spiro atoms. The number of carboxylic acid groups (broad SMARTS) is 1. The molecule has 2 aromatic rings. The molecule has 174 valence electrons. The number of ether oxygens (including phenoxy) is 2. The number of aromatic nitrogens is 4. The van der Waals surface area contributed by atoms with E-state index in [4.69, 9.17) is 9.47 Å². The van der Waals surface area contributed by atoms with Crippen molar-refractivity contribution in [1.82, 2.24) is 24.6 Å². The Kier molecular flexibility index (Phi) is 7.66. The Bertz CT molecular complexity index is 960. The first kappa shape index (κ1) is 23.5. The highest BCUT2D eigenvalue weighted by atomic mass is 16.6. The topological polar surface area (TPSA) is 120 Å². The van der Waals surface area contributed by atoms with Gasteiger partial charge in [-0.3, -0.25) is 9.48 Å². The van der Waals surface area contributed by atoms with Crippen molar-refractivity contribution in [3.63, 3.8) is 0 Å². The number of carboxylic acids is 1. The third-order valence-corrected chi connectivity index (χ3v) is 5.71. The molecular formula is C22H31N5O5. The lowest BCUT2D eigenvalue weighted by atomic mass is 9.87. The zero-order valence-corrected chi connectivity index (χ0v) is 19.1. The van der Waals surface area contributed by atoms with E-state index in [1.54, 1.807) is 31.2 Å². The first-order chi connectivity index (χ1) is 15.3. The normalized spacial score (nSPS) is 18.2. The van der Waals surface area contributed by atoms with E-state index in [0.717, 1.165) is 19.3 Å². The van der Waals surface area contributed by atoms with Gasteiger partial charge in [-0.25, -0.2) is 14.8 Å². The molecule has 1 fully saturated rings. The lowest BCUT2D eigenvalue weighted by Gasteiger charge is -2.27. The standard InChI is InChI=1S/C22H31N5O5/c1-5-9-26(3)22(30)31-13-18-17(11-24-27(18)4)20-23-12-19(14(2)25-20)32-16-8-6-7-15(10-16)21(28)29/h11-12,15-16H,5-10,13H2,1-4H3,(H,28,29)/t15-,16-/m0/s1. The minimum absolute atomic E-state index is 0.0536. The number of carbonyl (C=O) groups is 2. The fourth-order valence-corrected chi connectivity index (χ4v) is 3.85. The molecule has 32 heavy (non-hydrogen) atoms. The van der Waals surface area contributed by atoms with Gasteiger partial charge in [0.25, 0.3) is 0 Å². The van der Waals surface area contributed by atoms with Crippen LogP contribution in [0.1, 0.15) is 50.4 Å². The van der Waals surface area contributed by atoms with Crippen LogP contribution in [0.5, 0.6) is 5.75 Å². The van der Waals surface area contributed by atoms with Gasteiger partial charge in [-0.1, -0.05) is 6.92 Å². The van der Waals surface area contributed by atoms with Gasteiger partial charge in [0.2, 0.25) is 0 Å². The monoisotopic (exact) mass is 445 g/mol. The van der Waals surface area contributed by atoms with Crippen molar-refractivity contribution in [2.24, 2.45) is 13.0 Å². The third kappa shape index (κ3) is 5.54. The molecular weight excluding hydrogens is 414 g/mol. The molecule has 0 unspecified atom stereocenters. The number of nitrogens with zero attached hydrogens (tertiary/aromatic N) is 5. The van der Waals surface area contributed by atoms with E-state index < -0.39 is 12.1 Å². The Labute approximate surface area is 187 Å². The molecule has 0 radical (unpaired) electrons. The number of aliphatic carboxylic acids is 1. The second kappa shape index (κ2) is 10.4. The van der Waals surface area contributed by atoms with Crippen LogP contribution in [0.25, 0.3) is 11.4 Å². The van der Waals surface area contributed by atoms with E-state index in [1.807, 2.05) is 13.8 Å². The number of carbonyl (C=O) groups excluding carboxylic acids is 1. The van der Waals surface area contributed by atoms with E-state index in [1.165, 1.54) is 4.90 Å². The molecule has 2 heterocycles. The van der Waals surface area contributed by atoms with Crippen LogP contribution in [0, 0.1) is 12.8 Å². The van der Waals surface area contributed by atoms with Crippen LogP contribution in [0.2, 0.25) is 0 Å². The predicted octanol–water partition coefficient (Wildman–Crippen LogP) is 3.19. The van der Waals surface area contributed by atoms with E-state index in [9.17, 15) is 14.7 Å². The molecule has 3 rings (SSSR count). The lowest BCUT2D eigenvalue weighted by molar-refractivity contribution is -0.143. The highest BCUT2D eigenvalue weighted by molar-refractivity contribution is 5.70. The van der Waals surface area contributed by atoms with Crippen molar-refractivity contribution in [2.45, 2.75) is 58.7 Å². The Morgan fingerprint density at radius 2 is 2.09 bits per heavy atom. The molecule has 0 aromatic carbocycles. The van der Waals surface area contributed by atoms with Gasteiger partial charge in [0.15, 0.2) is 11.6 Å². The molecule has 1 aliphatic rings. The maximum atomic E-state index is 12.1. The van der Waals surface area contributed by atoms with Crippen molar-refractivity contribution >= 4 is 12.1 Å². The zero-order valence-electron chi connectivity index (χ0n) is 19.1. The smallest absolute Gasteiger partial charge is 0.409 e. The summed E-state index contributed by atoms with van der Waals surface area (Å²) in [5, 5.41) is 13.5. The van der Waals surface area contributed by atoms with E-state index in [0.29, 0.717) is 47.9 Å². The molecule has 0 aliphatic heterocycles. The van der Waals surface area contributed by atoms with E-state index in [-0.39, 0.29) is 18.6 Å². The number of aryl methyl sites for hydroxylation is 2. The maximum absolute atomic E-state index is 12.1. The van der Waals surface area contributed by atoms with Crippen LogP contribution >= 0.6 is 0 Å². The lowest BCUT2D eigenvalue weighted by Crippen LogP contribution is -2.29. The summed E-state index contributed by atoms with van der Waals surface area (Å²) in [5.41, 5.74) is 2.02. The van der Waals surface area contributed by atoms with Crippen molar-refractivity contribution in [3.05, 3.63) is 23.8 Å². The van der Waals surface area contributed by atoms with Gasteiger partial charge in [0, 0.05) is 20.6 Å². The highest BCUT2D eigenvalue weighted by Gasteiger charge is 2.28. The van der Waals surface area contributed by atoms with Crippen molar-refractivity contribution in [2.75, 3.05) is 13.6 Å². The predicted molar refractivity (Wildman–Crippen MR) is 116 cm³/mol. The quantitative estimate of drug-likeness (QED) is 0.658. The molecule has 0 bridgehead atoms. The third-order valence-electron chi connectivity index (χ3n) is 5.71. The summed E-state index contributed by atoms with van der Waals surface area (Å²) in [7, 11) is 3.47. The Hall–Kier alpha value is -3.17. The number of rotatable bonds is 8. The summed E-state index contributed by atoms with van der Waals surface area (Å²) in [4.78, 5) is 34.0. The van der Waals surface area contributed by atoms with Gasteiger partial charge in [-0.15, -0.1) is 0 Å². The first-order valence-corrected chi connectivity index (χ1v) is 10.9. The van der Waals surface area contributed by atoms with Crippen LogP contribution in [0.3, 0.4) is 0 Å². The molecule has 10 heteroatoms. The molecule has 1 N–H and O–H groups in total. The molecule has 0 saturated heterocycles. The zero-order chi connectivity index (χ0) is 23.3. The van der Waals surface area contributed by atoms with Gasteiger partial charge in [0.1, 0.15) is 6.61 Å². The van der Waals surface area contributed by atoms with E-state index in [2.05, 4.69) is 15.1 Å². The fourth-order valence-electron chi connectivity index (χ4n) is 3.85. The first-order valence-electron chi connectivity index (χ1n) is 10.9. The van der Waals surface area contributed by atoms with Crippen LogP contribution in [-0.2, 0) is 23.2 Å². The summed E-state index contributed by atoms with van der Waals surface area (Å²) in [5.74, 6) is -0.135. The Morgan fingerprint density at radius 1 is 1.31 bits per heavy atom. The summed E-state index contributed by atoms with van der Waals surface area (Å²) >= 11 is 0. The molecule has 1 saturated carbocycles.